The van der Waals surface area contributed by atoms with Gasteiger partial charge in [0.1, 0.15) is 13.6 Å². The Kier molecular flexibility index (Phi) is 5.88. The van der Waals surface area contributed by atoms with Crippen LogP contribution in [0.15, 0.2) is 35.3 Å². The zero-order valence-corrected chi connectivity index (χ0v) is 16.0. The summed E-state index contributed by atoms with van der Waals surface area (Å²) in [5.74, 6) is 1.14. The third-order valence-electron chi connectivity index (χ3n) is 3.99. The van der Waals surface area contributed by atoms with E-state index in [4.69, 9.17) is 12.6 Å². The molecule has 2 rings (SSSR count). The second-order valence-electron chi connectivity index (χ2n) is 7.18. The first-order valence-corrected chi connectivity index (χ1v) is 8.50. The van der Waals surface area contributed by atoms with Crippen LogP contribution in [0.25, 0.3) is 0 Å². The van der Waals surface area contributed by atoms with Gasteiger partial charge in [0.2, 0.25) is 5.88 Å². The molecule has 0 bridgehead atoms. The fraction of sp³-hybridized carbons (Fsp3) is 0.400. The van der Waals surface area contributed by atoms with Gasteiger partial charge in [-0.3, -0.25) is 0 Å². The smallest absolute Gasteiger partial charge is 0.212 e. The van der Waals surface area contributed by atoms with E-state index in [1.165, 1.54) is 5.56 Å². The topological polar surface area (TPSA) is 37.7 Å². The number of nitrogens with zero attached hydrogens (tertiary/aromatic N) is 3. The molecule has 0 saturated heterocycles. The predicted octanol–water partition coefficient (Wildman–Crippen LogP) is 3.89. The van der Waals surface area contributed by atoms with E-state index in [1.54, 1.807) is 12.4 Å². The summed E-state index contributed by atoms with van der Waals surface area (Å²) >= 11 is 0. The van der Waals surface area contributed by atoms with Gasteiger partial charge in [0.15, 0.2) is 0 Å². The van der Waals surface area contributed by atoms with Gasteiger partial charge in [-0.05, 0) is 48.5 Å². The molecule has 2 radical (unpaired) electrons. The maximum Gasteiger partial charge on any atom is 0.212 e. The van der Waals surface area contributed by atoms with Crippen LogP contribution in [0, 0.1) is 6.92 Å². The molecular weight excluding hydrogens is 309 g/mol. The fourth-order valence-electron chi connectivity index (χ4n) is 2.18. The van der Waals surface area contributed by atoms with Crippen molar-refractivity contribution in [2.75, 3.05) is 13.6 Å². The Balaban J connectivity index is 2.27. The summed E-state index contributed by atoms with van der Waals surface area (Å²) in [6.07, 6.45) is 1.77. The number of aryl methyl sites for hydroxylation is 1. The van der Waals surface area contributed by atoms with Gasteiger partial charge in [-0.25, -0.2) is 9.98 Å². The summed E-state index contributed by atoms with van der Waals surface area (Å²) in [6.45, 7) is 11.4. The molecule has 25 heavy (non-hydrogen) atoms. The molecule has 0 spiro atoms. The van der Waals surface area contributed by atoms with Crippen molar-refractivity contribution in [3.8, 4) is 11.6 Å². The number of aliphatic imine (C=N–C) groups is 1. The van der Waals surface area contributed by atoms with Gasteiger partial charge in [-0.1, -0.05) is 32.9 Å². The number of hydrogen-bond donors (Lipinski definition) is 0. The Morgan fingerprint density at radius 2 is 2.00 bits per heavy atom. The highest BCUT2D eigenvalue weighted by molar-refractivity contribution is 6.34. The molecule has 1 heterocycles. The molecule has 4 nitrogen and oxygen atoms in total. The highest BCUT2D eigenvalue weighted by atomic mass is 16.5. The first-order valence-electron chi connectivity index (χ1n) is 8.50. The van der Waals surface area contributed by atoms with Crippen molar-refractivity contribution in [2.24, 2.45) is 4.99 Å². The van der Waals surface area contributed by atoms with E-state index >= 15 is 0 Å². The third-order valence-corrected chi connectivity index (χ3v) is 3.99. The van der Waals surface area contributed by atoms with Crippen LogP contribution < -0.4 is 10.2 Å². The summed E-state index contributed by atoms with van der Waals surface area (Å²) in [6, 6.07) is 9.81. The maximum atomic E-state index is 6.13. The molecule has 0 atom stereocenters. The molecule has 1 aromatic carbocycles. The van der Waals surface area contributed by atoms with Crippen LogP contribution in [0.5, 0.6) is 11.6 Å². The van der Waals surface area contributed by atoms with Crippen molar-refractivity contribution < 1.29 is 4.74 Å². The van der Waals surface area contributed by atoms with Gasteiger partial charge in [0, 0.05) is 13.6 Å². The van der Waals surface area contributed by atoms with Crippen LogP contribution in [-0.2, 0) is 5.41 Å². The van der Waals surface area contributed by atoms with Crippen LogP contribution in [0.4, 0.5) is 5.69 Å². The monoisotopic (exact) mass is 335 g/mol. The van der Waals surface area contributed by atoms with E-state index in [-0.39, 0.29) is 5.41 Å². The number of ether oxygens (including phenoxy) is 1. The van der Waals surface area contributed by atoms with Gasteiger partial charge in [0.05, 0.1) is 17.7 Å². The van der Waals surface area contributed by atoms with E-state index in [0.717, 1.165) is 23.7 Å². The quantitative estimate of drug-likeness (QED) is 0.473. The van der Waals surface area contributed by atoms with Crippen molar-refractivity contribution >= 4 is 25.3 Å². The van der Waals surface area contributed by atoms with Gasteiger partial charge in [0.25, 0.3) is 0 Å². The van der Waals surface area contributed by atoms with Crippen molar-refractivity contribution in [3.05, 3.63) is 41.6 Å². The van der Waals surface area contributed by atoms with Crippen molar-refractivity contribution in [3.63, 3.8) is 0 Å². The van der Waals surface area contributed by atoms with Crippen LogP contribution in [0.1, 0.15) is 39.0 Å². The van der Waals surface area contributed by atoms with Gasteiger partial charge >= 0.3 is 0 Å². The van der Waals surface area contributed by atoms with Crippen molar-refractivity contribution in [2.45, 2.75) is 40.0 Å². The average Bonchev–Trinajstić information content (AvgIpc) is 2.55. The second kappa shape index (κ2) is 7.73. The lowest BCUT2D eigenvalue weighted by Gasteiger charge is -2.20. The normalized spacial score (nSPS) is 11.8. The van der Waals surface area contributed by atoms with Crippen LogP contribution in [0.2, 0.25) is 0 Å². The predicted molar refractivity (Wildman–Crippen MR) is 106 cm³/mol. The molecule has 1 aromatic heterocycles. The maximum absolute atomic E-state index is 6.13. The molecule has 0 aliphatic heterocycles. The average molecular weight is 335 g/mol. The number of pyridine rings is 1. The van der Waals surface area contributed by atoms with E-state index in [0.29, 0.717) is 11.3 Å². The summed E-state index contributed by atoms with van der Waals surface area (Å²) in [7, 11) is 8.09. The van der Waals surface area contributed by atoms with E-state index < -0.39 is 0 Å². The molecule has 0 aliphatic carbocycles. The molecule has 0 aliphatic rings. The van der Waals surface area contributed by atoms with E-state index in [2.05, 4.69) is 43.7 Å². The van der Waals surface area contributed by atoms with Gasteiger partial charge in [-0.2, -0.15) is 0 Å². The number of hydrogen-bond acceptors (Lipinski definition) is 3. The highest BCUT2D eigenvalue weighted by Crippen LogP contribution is 2.28. The zero-order chi connectivity index (χ0) is 18.6. The lowest BCUT2D eigenvalue weighted by Crippen LogP contribution is -2.15. The fourth-order valence-corrected chi connectivity index (χ4v) is 2.18. The molecule has 0 saturated carbocycles. The molecule has 0 unspecified atom stereocenters. The second-order valence-corrected chi connectivity index (χ2v) is 7.18. The minimum atomic E-state index is 0.0537. The Hall–Kier alpha value is -2.30. The highest BCUT2D eigenvalue weighted by Gasteiger charge is 2.15. The standard InChI is InChI=1S/C20H26BN3O/c1-7-24(6)13-22-18-12-17(21)19(23-14(18)2)25-16-10-8-9-15(11-16)20(3,4)5/h8-13H,7H2,1-6H3. The number of aromatic nitrogens is 1. The zero-order valence-electron chi connectivity index (χ0n) is 16.0. The largest absolute Gasteiger partial charge is 0.440 e. The van der Waals surface area contributed by atoms with Crippen molar-refractivity contribution in [1.29, 1.82) is 0 Å². The van der Waals surface area contributed by atoms with E-state index in [9.17, 15) is 0 Å². The van der Waals surface area contributed by atoms with Crippen molar-refractivity contribution in [1.82, 2.24) is 9.88 Å². The summed E-state index contributed by atoms with van der Waals surface area (Å²) in [5, 5.41) is 0. The van der Waals surface area contributed by atoms with Crippen LogP contribution in [-0.4, -0.2) is 37.7 Å². The molecule has 0 fully saturated rings. The van der Waals surface area contributed by atoms with Gasteiger partial charge in [-0.15, -0.1) is 0 Å². The van der Waals surface area contributed by atoms with Crippen LogP contribution >= 0.6 is 0 Å². The minimum absolute atomic E-state index is 0.0537. The minimum Gasteiger partial charge on any atom is -0.440 e. The SMILES string of the molecule is [B]c1cc(N=CN(C)CC)c(C)nc1Oc1cccc(C(C)(C)C)c1. The third kappa shape index (κ3) is 5.09. The Labute approximate surface area is 152 Å². The molecular formula is C20H26BN3O. The molecule has 5 heteroatoms. The Morgan fingerprint density at radius 1 is 1.28 bits per heavy atom. The van der Waals surface area contributed by atoms with E-state index in [1.807, 2.05) is 37.1 Å². The molecule has 2 aromatic rings. The Morgan fingerprint density at radius 3 is 2.64 bits per heavy atom. The molecule has 0 amide bonds. The lowest BCUT2D eigenvalue weighted by molar-refractivity contribution is 0.462. The first kappa shape index (κ1) is 19.0. The lowest BCUT2D eigenvalue weighted by atomic mass is 9.87. The number of rotatable bonds is 5. The molecule has 0 N–H and O–H groups in total. The summed E-state index contributed by atoms with van der Waals surface area (Å²) in [4.78, 5) is 10.9. The summed E-state index contributed by atoms with van der Waals surface area (Å²) < 4.78 is 5.93. The van der Waals surface area contributed by atoms with Crippen LogP contribution in [0.3, 0.4) is 0 Å². The molecule has 130 valence electrons. The summed E-state index contributed by atoms with van der Waals surface area (Å²) in [5.41, 5.74) is 3.24. The van der Waals surface area contributed by atoms with Gasteiger partial charge < -0.3 is 9.64 Å². The number of benzene rings is 1. The Bertz CT molecular complexity index is 766. The first-order chi connectivity index (χ1) is 11.7.